The van der Waals surface area contributed by atoms with Crippen LogP contribution in [0.5, 0.6) is 0 Å². The molecule has 0 heterocycles. The molecule has 10 nitrogen and oxygen atoms in total. The first-order valence-corrected chi connectivity index (χ1v) is 13.5. The van der Waals surface area contributed by atoms with Gasteiger partial charge >= 0.3 is 11.9 Å². The van der Waals surface area contributed by atoms with Crippen LogP contribution >= 0.6 is 0 Å². The fourth-order valence-corrected chi connectivity index (χ4v) is 3.31. The fourth-order valence-electron chi connectivity index (χ4n) is 3.31. The number of hydrogen-bond acceptors (Lipinski definition) is 8. The molecule has 0 radical (unpaired) electrons. The summed E-state index contributed by atoms with van der Waals surface area (Å²) >= 11 is 0. The van der Waals surface area contributed by atoms with Crippen molar-refractivity contribution < 1.29 is 40.2 Å². The van der Waals surface area contributed by atoms with E-state index in [-0.39, 0.29) is 12.8 Å². The van der Waals surface area contributed by atoms with Crippen molar-refractivity contribution in [2.24, 2.45) is 0 Å². The molecule has 10 heteroatoms. The second-order valence-corrected chi connectivity index (χ2v) is 9.12. The van der Waals surface area contributed by atoms with Gasteiger partial charge in [0.2, 0.25) is 0 Å². The lowest BCUT2D eigenvalue weighted by Gasteiger charge is -2.27. The highest BCUT2D eigenvalue weighted by Gasteiger charge is 2.15. The van der Waals surface area contributed by atoms with Crippen molar-refractivity contribution in [3.63, 3.8) is 0 Å². The molecule has 0 amide bonds. The van der Waals surface area contributed by atoms with E-state index in [4.69, 9.17) is 10.2 Å². The van der Waals surface area contributed by atoms with Crippen molar-refractivity contribution in [2.45, 2.75) is 144 Å². The molecule has 0 rings (SSSR count). The van der Waals surface area contributed by atoms with Crippen LogP contribution in [-0.2, 0) is 9.59 Å². The highest BCUT2D eigenvalue weighted by molar-refractivity contribution is 5.66. The van der Waals surface area contributed by atoms with Gasteiger partial charge < -0.3 is 30.6 Å². The molecule has 0 aromatic rings. The quantitative estimate of drug-likeness (QED) is 0.108. The summed E-state index contributed by atoms with van der Waals surface area (Å²) in [7, 11) is 0. The Hall–Kier alpha value is -1.30. The van der Waals surface area contributed by atoms with E-state index >= 15 is 0 Å². The lowest BCUT2D eigenvalue weighted by molar-refractivity contribution is -0.138. The highest BCUT2D eigenvalue weighted by Crippen LogP contribution is 2.08. The molecule has 0 spiro atoms. The number of carboxylic acids is 2. The fraction of sp³-hybridized carbons (Fsp3) is 0.923. The number of aliphatic hydroxyl groups is 4. The summed E-state index contributed by atoms with van der Waals surface area (Å²) in [4.78, 5) is 23.6. The molecule has 0 aromatic heterocycles. The van der Waals surface area contributed by atoms with Crippen LogP contribution in [0.25, 0.3) is 0 Å². The minimum Gasteiger partial charge on any atom is -0.481 e. The number of carbonyl (C=O) groups is 2. The molecule has 0 aliphatic rings. The molecule has 0 aliphatic carbocycles. The van der Waals surface area contributed by atoms with Gasteiger partial charge in [-0.05, 0) is 53.4 Å². The summed E-state index contributed by atoms with van der Waals surface area (Å²) in [6, 6.07) is 0. The van der Waals surface area contributed by atoms with E-state index in [9.17, 15) is 30.0 Å². The van der Waals surface area contributed by atoms with Gasteiger partial charge in [0.25, 0.3) is 0 Å². The summed E-state index contributed by atoms with van der Waals surface area (Å²) in [6.07, 6.45) is 7.79. The van der Waals surface area contributed by atoms with Crippen LogP contribution in [0.3, 0.4) is 0 Å². The topological polar surface area (TPSA) is 162 Å². The van der Waals surface area contributed by atoms with E-state index in [0.29, 0.717) is 0 Å². The van der Waals surface area contributed by atoms with Gasteiger partial charge in [0.15, 0.2) is 0 Å². The number of aliphatic hydroxyl groups excluding tert-OH is 4. The third-order valence-corrected chi connectivity index (χ3v) is 5.49. The predicted octanol–water partition coefficient (Wildman–Crippen LogP) is 3.81. The minimum absolute atomic E-state index is 0.245. The van der Waals surface area contributed by atoms with Gasteiger partial charge in [0.05, 0.1) is 0 Å². The molecule has 0 aromatic carbocycles. The first kappa shape index (κ1) is 39.2. The number of hydrogen-bond donors (Lipinski definition) is 6. The second-order valence-electron chi connectivity index (χ2n) is 9.12. The van der Waals surface area contributed by atoms with E-state index in [2.05, 4.69) is 13.8 Å². The van der Waals surface area contributed by atoms with Crippen LogP contribution in [0.2, 0.25) is 0 Å². The molecule has 4 atom stereocenters. The zero-order valence-electron chi connectivity index (χ0n) is 23.6. The molecule has 4 unspecified atom stereocenters. The van der Waals surface area contributed by atoms with E-state index in [1.807, 2.05) is 0 Å². The van der Waals surface area contributed by atoms with Gasteiger partial charge in [-0.2, -0.15) is 0 Å². The average molecular weight is 525 g/mol. The van der Waals surface area contributed by atoms with Crippen LogP contribution < -0.4 is 0 Å². The molecule has 0 saturated heterocycles. The van der Waals surface area contributed by atoms with Gasteiger partial charge in [-0.1, -0.05) is 52.4 Å². The zero-order valence-corrected chi connectivity index (χ0v) is 23.6. The number of aliphatic carboxylic acids is 2. The molecule has 6 N–H and O–H groups in total. The van der Waals surface area contributed by atoms with E-state index in [1.54, 1.807) is 37.5 Å². The molecule has 0 bridgehead atoms. The number of carboxylic acid groups (broad SMARTS) is 2. The number of nitrogens with zero attached hydrogens (tertiary/aromatic N) is 2. The Kier molecular flexibility index (Phi) is 29.1. The minimum atomic E-state index is -0.740. The summed E-state index contributed by atoms with van der Waals surface area (Å²) < 4.78 is 0. The lowest BCUT2D eigenvalue weighted by atomic mass is 10.1. The van der Waals surface area contributed by atoms with E-state index in [0.717, 1.165) is 77.3 Å². The zero-order chi connectivity index (χ0) is 28.5. The van der Waals surface area contributed by atoms with Crippen molar-refractivity contribution in [3.8, 4) is 0 Å². The Bertz CT molecular complexity index is 442. The molecule has 218 valence electrons. The molecular formula is C26H56N2O8. The third kappa shape index (κ3) is 28.9. The lowest BCUT2D eigenvalue weighted by Crippen LogP contribution is -2.40. The van der Waals surface area contributed by atoms with Crippen LogP contribution in [-0.4, -0.2) is 90.4 Å². The third-order valence-electron chi connectivity index (χ3n) is 5.49. The Balaban J connectivity index is -0.000000459. The molecule has 36 heavy (non-hydrogen) atoms. The summed E-state index contributed by atoms with van der Waals surface area (Å²) in [5.41, 5.74) is 0. The van der Waals surface area contributed by atoms with Gasteiger partial charge in [-0.15, -0.1) is 0 Å². The highest BCUT2D eigenvalue weighted by atomic mass is 16.4. The van der Waals surface area contributed by atoms with Crippen molar-refractivity contribution in [3.05, 3.63) is 0 Å². The van der Waals surface area contributed by atoms with Crippen molar-refractivity contribution >= 4 is 11.9 Å². The van der Waals surface area contributed by atoms with Crippen molar-refractivity contribution in [1.29, 1.82) is 0 Å². The van der Waals surface area contributed by atoms with E-state index < -0.39 is 36.9 Å². The molecule has 0 saturated carbocycles. The van der Waals surface area contributed by atoms with Crippen LogP contribution in [0, 0.1) is 0 Å². The van der Waals surface area contributed by atoms with Gasteiger partial charge in [-0.25, -0.2) is 0 Å². The maximum atomic E-state index is 10.1. The standard InChI is InChI=1S/C10H18O4.2C8H19NO2/c11-9(12)7-5-3-1-2-4-6-8-10(13)14;2*1-4-5-6-9(7(2)10)8(3)11/h1-8H2,(H,11,12)(H,13,14);2*7-8,10-11H,4-6H2,1-3H3. The molecular weight excluding hydrogens is 468 g/mol. The van der Waals surface area contributed by atoms with Gasteiger partial charge in [0.1, 0.15) is 24.9 Å². The summed E-state index contributed by atoms with van der Waals surface area (Å²) in [5.74, 6) is -1.48. The first-order valence-electron chi connectivity index (χ1n) is 13.5. The first-order chi connectivity index (χ1) is 16.8. The molecule has 0 fully saturated rings. The van der Waals surface area contributed by atoms with Crippen molar-refractivity contribution in [2.75, 3.05) is 13.1 Å². The largest absolute Gasteiger partial charge is 0.481 e. The smallest absolute Gasteiger partial charge is 0.303 e. The van der Waals surface area contributed by atoms with Gasteiger partial charge in [-0.3, -0.25) is 19.4 Å². The Morgan fingerprint density at radius 1 is 0.528 bits per heavy atom. The Labute approximate surface area is 218 Å². The summed E-state index contributed by atoms with van der Waals surface area (Å²) in [5, 5.41) is 53.4. The van der Waals surface area contributed by atoms with Crippen LogP contribution in [0.1, 0.15) is 119 Å². The SMILES string of the molecule is CCCCN(C(C)O)C(C)O.CCCCN(C(C)O)C(C)O.O=C(O)CCCCCCCCC(=O)O. The Morgan fingerprint density at radius 3 is 0.972 bits per heavy atom. The van der Waals surface area contributed by atoms with Gasteiger partial charge in [0, 0.05) is 25.9 Å². The predicted molar refractivity (Wildman–Crippen MR) is 142 cm³/mol. The van der Waals surface area contributed by atoms with Crippen LogP contribution in [0.15, 0.2) is 0 Å². The maximum Gasteiger partial charge on any atom is 0.303 e. The molecule has 0 aliphatic heterocycles. The number of rotatable bonds is 19. The monoisotopic (exact) mass is 524 g/mol. The average Bonchev–Trinajstić information content (AvgIpc) is 2.75. The normalized spacial score (nSPS) is 14.2. The number of unbranched alkanes of at least 4 members (excludes halogenated alkanes) is 7. The second kappa shape index (κ2) is 26.8. The van der Waals surface area contributed by atoms with Crippen molar-refractivity contribution in [1.82, 2.24) is 9.80 Å². The van der Waals surface area contributed by atoms with Crippen LogP contribution in [0.4, 0.5) is 0 Å². The summed E-state index contributed by atoms with van der Waals surface area (Å²) in [6.45, 7) is 12.4. The maximum absolute atomic E-state index is 10.1. The van der Waals surface area contributed by atoms with E-state index in [1.165, 1.54) is 0 Å². The Morgan fingerprint density at radius 2 is 0.778 bits per heavy atom.